The molecule has 0 unspecified atom stereocenters. The first kappa shape index (κ1) is 12.1. The Balaban J connectivity index is 2.80. The van der Waals surface area contributed by atoms with Crippen molar-refractivity contribution in [3.63, 3.8) is 0 Å². The Labute approximate surface area is 104 Å². The van der Waals surface area contributed by atoms with E-state index in [1.165, 1.54) is 16.5 Å². The summed E-state index contributed by atoms with van der Waals surface area (Å²) < 4.78 is 0. The van der Waals surface area contributed by atoms with Gasteiger partial charge in [0.25, 0.3) is 0 Å². The molecule has 2 rings (SSSR count). The van der Waals surface area contributed by atoms with Crippen molar-refractivity contribution in [3.05, 3.63) is 41.6 Å². The lowest BCUT2D eigenvalue weighted by molar-refractivity contribution is 0.594. The molecule has 0 amide bonds. The Hall–Kier alpha value is -1.37. The first-order chi connectivity index (χ1) is 7.91. The summed E-state index contributed by atoms with van der Waals surface area (Å²) in [4.78, 5) is 4.59. The van der Waals surface area contributed by atoms with Crippen molar-refractivity contribution in [3.8, 4) is 0 Å². The highest BCUT2D eigenvalue weighted by atomic mass is 14.7. The molecular formula is C16H21N. The normalized spacial score (nSPS) is 12.4. The summed E-state index contributed by atoms with van der Waals surface area (Å²) in [5.74, 6) is 0.538. The van der Waals surface area contributed by atoms with Crippen LogP contribution in [-0.4, -0.2) is 4.98 Å². The largest absolute Gasteiger partial charge is 0.256 e. The molecule has 0 atom stereocenters. The van der Waals surface area contributed by atoms with Crippen LogP contribution in [0.5, 0.6) is 0 Å². The van der Waals surface area contributed by atoms with E-state index in [9.17, 15) is 0 Å². The molecule has 1 aromatic carbocycles. The van der Waals surface area contributed by atoms with Crippen LogP contribution >= 0.6 is 0 Å². The minimum atomic E-state index is 0.141. The van der Waals surface area contributed by atoms with E-state index in [1.807, 2.05) is 12.3 Å². The molecule has 0 aliphatic rings. The van der Waals surface area contributed by atoms with E-state index < -0.39 is 0 Å². The van der Waals surface area contributed by atoms with Gasteiger partial charge in [-0.15, -0.1) is 0 Å². The first-order valence-corrected chi connectivity index (χ1v) is 6.29. The molecule has 0 N–H and O–H groups in total. The molecule has 1 aromatic heterocycles. The van der Waals surface area contributed by atoms with Gasteiger partial charge in [-0.05, 0) is 28.5 Å². The molecule has 0 saturated heterocycles. The van der Waals surface area contributed by atoms with Crippen LogP contribution < -0.4 is 0 Å². The van der Waals surface area contributed by atoms with Crippen LogP contribution in [0.2, 0.25) is 0 Å². The van der Waals surface area contributed by atoms with Crippen molar-refractivity contribution in [2.45, 2.75) is 46.0 Å². The maximum absolute atomic E-state index is 4.59. The van der Waals surface area contributed by atoms with Crippen LogP contribution in [0.3, 0.4) is 0 Å². The molecule has 17 heavy (non-hydrogen) atoms. The highest BCUT2D eigenvalue weighted by Gasteiger charge is 2.19. The second kappa shape index (κ2) is 4.14. The first-order valence-electron chi connectivity index (χ1n) is 6.29. The molecule has 0 aliphatic carbocycles. The fraction of sp³-hybridized carbons (Fsp3) is 0.438. The fourth-order valence-corrected chi connectivity index (χ4v) is 2.30. The molecule has 2 aromatic rings. The van der Waals surface area contributed by atoms with Crippen LogP contribution in [0.4, 0.5) is 0 Å². The van der Waals surface area contributed by atoms with Gasteiger partial charge in [0.05, 0.1) is 5.52 Å². The van der Waals surface area contributed by atoms with Gasteiger partial charge in [-0.2, -0.15) is 0 Å². The summed E-state index contributed by atoms with van der Waals surface area (Å²) in [6.45, 7) is 11.2. The summed E-state index contributed by atoms with van der Waals surface area (Å²) in [7, 11) is 0. The molecule has 1 heterocycles. The van der Waals surface area contributed by atoms with E-state index in [0.717, 1.165) is 5.52 Å². The molecular weight excluding hydrogens is 206 g/mol. The lowest BCUT2D eigenvalue weighted by atomic mass is 9.83. The molecule has 1 nitrogen and oxygen atoms in total. The monoisotopic (exact) mass is 227 g/mol. The number of fused-ring (bicyclic) bond motifs is 1. The number of benzene rings is 1. The summed E-state index contributed by atoms with van der Waals surface area (Å²) >= 11 is 0. The maximum Gasteiger partial charge on any atom is 0.0742 e. The number of rotatable bonds is 1. The summed E-state index contributed by atoms with van der Waals surface area (Å²) in [6.07, 6.45) is 1.89. The van der Waals surface area contributed by atoms with Gasteiger partial charge >= 0.3 is 0 Å². The van der Waals surface area contributed by atoms with Crippen LogP contribution in [0, 0.1) is 0 Å². The van der Waals surface area contributed by atoms with Gasteiger partial charge in [0.15, 0.2) is 0 Å². The number of hydrogen-bond acceptors (Lipinski definition) is 1. The van der Waals surface area contributed by atoms with Gasteiger partial charge < -0.3 is 0 Å². The van der Waals surface area contributed by atoms with Gasteiger partial charge in [0, 0.05) is 11.6 Å². The van der Waals surface area contributed by atoms with Gasteiger partial charge in [-0.3, -0.25) is 4.98 Å². The Kier molecular flexibility index (Phi) is 2.94. The molecule has 0 spiro atoms. The summed E-state index contributed by atoms with van der Waals surface area (Å²) in [5, 5.41) is 1.30. The minimum Gasteiger partial charge on any atom is -0.256 e. The zero-order valence-corrected chi connectivity index (χ0v) is 11.4. The van der Waals surface area contributed by atoms with Gasteiger partial charge in [0.1, 0.15) is 0 Å². The second-order valence-electron chi connectivity index (χ2n) is 6.01. The minimum absolute atomic E-state index is 0.141. The highest BCUT2D eigenvalue weighted by molar-refractivity contribution is 5.86. The van der Waals surface area contributed by atoms with E-state index in [2.05, 4.69) is 57.8 Å². The van der Waals surface area contributed by atoms with Gasteiger partial charge in [0.2, 0.25) is 0 Å². The SMILES string of the molecule is CC(C)c1ccc(C(C)(C)C)c2ncccc12. The van der Waals surface area contributed by atoms with Crippen molar-refractivity contribution >= 4 is 10.9 Å². The summed E-state index contributed by atoms with van der Waals surface area (Å²) in [6, 6.07) is 8.72. The topological polar surface area (TPSA) is 12.9 Å². The Morgan fingerprint density at radius 3 is 2.35 bits per heavy atom. The average molecular weight is 227 g/mol. The number of hydrogen-bond donors (Lipinski definition) is 0. The second-order valence-corrected chi connectivity index (χ2v) is 6.01. The third-order valence-corrected chi connectivity index (χ3v) is 3.23. The predicted octanol–water partition coefficient (Wildman–Crippen LogP) is 4.66. The lowest BCUT2D eigenvalue weighted by Gasteiger charge is -2.22. The fourth-order valence-electron chi connectivity index (χ4n) is 2.30. The molecule has 0 bridgehead atoms. The van der Waals surface area contributed by atoms with Crippen molar-refractivity contribution < 1.29 is 0 Å². The van der Waals surface area contributed by atoms with Crippen LogP contribution in [-0.2, 0) is 5.41 Å². The van der Waals surface area contributed by atoms with Crippen molar-refractivity contribution in [1.82, 2.24) is 4.98 Å². The number of nitrogens with zero attached hydrogens (tertiary/aromatic N) is 1. The number of aromatic nitrogens is 1. The van der Waals surface area contributed by atoms with E-state index in [0.29, 0.717) is 5.92 Å². The quantitative estimate of drug-likeness (QED) is 0.690. The maximum atomic E-state index is 4.59. The Morgan fingerprint density at radius 1 is 1.06 bits per heavy atom. The van der Waals surface area contributed by atoms with Gasteiger partial charge in [-0.1, -0.05) is 52.8 Å². The zero-order valence-electron chi connectivity index (χ0n) is 11.4. The van der Waals surface area contributed by atoms with E-state index in [4.69, 9.17) is 0 Å². The number of pyridine rings is 1. The predicted molar refractivity (Wildman–Crippen MR) is 74.5 cm³/mol. The molecule has 0 aliphatic heterocycles. The highest BCUT2D eigenvalue weighted by Crippen LogP contribution is 2.32. The lowest BCUT2D eigenvalue weighted by Crippen LogP contribution is -2.12. The molecule has 0 radical (unpaired) electrons. The molecule has 0 fully saturated rings. The van der Waals surface area contributed by atoms with Crippen molar-refractivity contribution in [1.29, 1.82) is 0 Å². The molecule has 90 valence electrons. The van der Waals surface area contributed by atoms with Gasteiger partial charge in [-0.25, -0.2) is 0 Å². The average Bonchev–Trinajstić information content (AvgIpc) is 2.26. The Morgan fingerprint density at radius 2 is 1.76 bits per heavy atom. The Bertz CT molecular complexity index is 533. The van der Waals surface area contributed by atoms with Crippen LogP contribution in [0.1, 0.15) is 51.7 Å². The standard InChI is InChI=1S/C16H21N/c1-11(2)12-8-9-14(16(3,4)5)15-13(12)7-6-10-17-15/h6-11H,1-5H3. The third-order valence-electron chi connectivity index (χ3n) is 3.23. The van der Waals surface area contributed by atoms with Crippen LogP contribution in [0.15, 0.2) is 30.5 Å². The third kappa shape index (κ3) is 2.19. The molecule has 1 heteroatoms. The van der Waals surface area contributed by atoms with E-state index in [1.54, 1.807) is 0 Å². The van der Waals surface area contributed by atoms with Crippen molar-refractivity contribution in [2.75, 3.05) is 0 Å². The summed E-state index contributed by atoms with van der Waals surface area (Å²) in [5.41, 5.74) is 4.02. The van der Waals surface area contributed by atoms with E-state index >= 15 is 0 Å². The zero-order chi connectivity index (χ0) is 12.6. The molecule has 0 saturated carbocycles. The van der Waals surface area contributed by atoms with Crippen LogP contribution in [0.25, 0.3) is 10.9 Å². The van der Waals surface area contributed by atoms with E-state index in [-0.39, 0.29) is 5.41 Å². The van der Waals surface area contributed by atoms with Crippen molar-refractivity contribution in [2.24, 2.45) is 0 Å². The smallest absolute Gasteiger partial charge is 0.0742 e.